The smallest absolute Gasteiger partial charge is 0.329 e. The number of imidazole rings is 1. The number of carbonyl (C=O) groups is 1. The highest BCUT2D eigenvalue weighted by molar-refractivity contribution is 8.00. The first-order chi connectivity index (χ1) is 21.2. The molecule has 5 aromatic rings. The van der Waals surface area contributed by atoms with E-state index in [0.29, 0.717) is 40.0 Å². The third-order valence-corrected chi connectivity index (χ3v) is 8.17. The van der Waals surface area contributed by atoms with Gasteiger partial charge in [-0.25, -0.2) is 18.4 Å². The Bertz CT molecular complexity index is 1980. The van der Waals surface area contributed by atoms with E-state index in [1.807, 2.05) is 30.1 Å². The lowest BCUT2D eigenvalue weighted by atomic mass is 10.1. The van der Waals surface area contributed by atoms with Crippen LogP contribution in [0.1, 0.15) is 11.1 Å². The summed E-state index contributed by atoms with van der Waals surface area (Å²) in [6.45, 7) is 0. The number of hydrogen-bond acceptors (Lipinski definition) is 9. The Morgan fingerprint density at radius 3 is 2.51 bits per heavy atom. The fourth-order valence-electron chi connectivity index (χ4n) is 4.61. The quantitative estimate of drug-likeness (QED) is 0.169. The van der Waals surface area contributed by atoms with E-state index in [0.717, 1.165) is 11.2 Å². The van der Waals surface area contributed by atoms with E-state index in [-0.39, 0.29) is 28.8 Å². The lowest BCUT2D eigenvalue weighted by Gasteiger charge is -2.19. The molecule has 234 valence electrons. The number of carbonyl (C=O) groups excluding carboxylic acids is 1. The number of aryl methyl sites for hydroxylation is 1. The van der Waals surface area contributed by atoms with Crippen LogP contribution in [-0.2, 0) is 33.9 Å². The van der Waals surface area contributed by atoms with Gasteiger partial charge in [0.25, 0.3) is 0 Å². The number of thioether (sulfide) groups is 1. The molecule has 2 N–H and O–H groups in total. The van der Waals surface area contributed by atoms with Crippen LogP contribution in [0.15, 0.2) is 83.9 Å². The molecule has 0 fully saturated rings. The molecule has 1 amide bonds. The van der Waals surface area contributed by atoms with Crippen LogP contribution in [-0.4, -0.2) is 52.7 Å². The zero-order chi connectivity index (χ0) is 32.4. The van der Waals surface area contributed by atoms with Crippen LogP contribution in [0.5, 0.6) is 0 Å². The van der Waals surface area contributed by atoms with Gasteiger partial charge in [-0.3, -0.25) is 10.1 Å². The molecule has 10 nitrogen and oxygen atoms in total. The molecular formula is C30H28F3N7O3S2. The standard InChI is InChI=1S/C30H28F3N7O3S2/c1-39(26-12-13-34-28(37-26)35-21-8-4-7-20(14-21)18-45(3,42)43)22-10-11-25-24(17-22)36-29(40(25)2)38-27(41)16-19-6-5-9-23(15-19)44-30(31,32)33/h4-15,17H,16,18H2,1-3H3,(H,34,35,37)(H,36,38,41). The van der Waals surface area contributed by atoms with Gasteiger partial charge in [0.05, 0.1) is 23.2 Å². The van der Waals surface area contributed by atoms with E-state index in [1.54, 1.807) is 54.2 Å². The average Bonchev–Trinajstić information content (AvgIpc) is 3.25. The van der Waals surface area contributed by atoms with E-state index in [9.17, 15) is 26.4 Å². The molecule has 0 aliphatic heterocycles. The SMILES string of the molecule is CN(c1ccc2c(c1)nc(NC(=O)Cc1cccc(SC(F)(F)F)c1)n2C)c1ccnc(Nc2cccc(CS(C)(=O)=O)c2)n1. The van der Waals surface area contributed by atoms with E-state index < -0.39 is 21.3 Å². The number of hydrogen-bond donors (Lipinski definition) is 2. The van der Waals surface area contributed by atoms with Gasteiger partial charge >= 0.3 is 5.51 Å². The van der Waals surface area contributed by atoms with Gasteiger partial charge in [0.15, 0.2) is 9.84 Å². The summed E-state index contributed by atoms with van der Waals surface area (Å²) in [5.74, 6) is 0.702. The van der Waals surface area contributed by atoms with Crippen LogP contribution >= 0.6 is 11.8 Å². The van der Waals surface area contributed by atoms with Crippen molar-refractivity contribution in [2.45, 2.75) is 22.6 Å². The predicted octanol–water partition coefficient (Wildman–Crippen LogP) is 6.21. The highest BCUT2D eigenvalue weighted by Crippen LogP contribution is 2.37. The number of anilines is 5. The summed E-state index contributed by atoms with van der Waals surface area (Å²) in [6, 6.07) is 20.1. The number of halogens is 3. The average molecular weight is 656 g/mol. The molecule has 0 aliphatic rings. The highest BCUT2D eigenvalue weighted by atomic mass is 32.2. The van der Waals surface area contributed by atoms with Gasteiger partial charge in [0, 0.05) is 42.8 Å². The number of aromatic nitrogens is 4. The molecule has 3 aromatic carbocycles. The van der Waals surface area contributed by atoms with Gasteiger partial charge in [-0.15, -0.1) is 0 Å². The molecular weight excluding hydrogens is 628 g/mol. The molecule has 0 saturated heterocycles. The van der Waals surface area contributed by atoms with Crippen LogP contribution in [0, 0.1) is 0 Å². The van der Waals surface area contributed by atoms with Crippen molar-refractivity contribution < 1.29 is 26.4 Å². The number of alkyl halides is 3. The van der Waals surface area contributed by atoms with Gasteiger partial charge in [-0.2, -0.15) is 18.2 Å². The third-order valence-electron chi connectivity index (χ3n) is 6.60. The topological polar surface area (TPSA) is 122 Å². The highest BCUT2D eigenvalue weighted by Gasteiger charge is 2.29. The summed E-state index contributed by atoms with van der Waals surface area (Å²) in [5, 5.41) is 5.87. The zero-order valence-corrected chi connectivity index (χ0v) is 26.0. The largest absolute Gasteiger partial charge is 0.446 e. The molecule has 0 radical (unpaired) electrons. The Morgan fingerprint density at radius 2 is 1.76 bits per heavy atom. The molecule has 2 heterocycles. The van der Waals surface area contributed by atoms with Gasteiger partial charge in [-0.05, 0) is 71.4 Å². The third kappa shape index (κ3) is 8.51. The molecule has 0 spiro atoms. The van der Waals surface area contributed by atoms with Crippen molar-refractivity contribution in [3.63, 3.8) is 0 Å². The van der Waals surface area contributed by atoms with E-state index in [2.05, 4.69) is 25.6 Å². The Labute approximate surface area is 261 Å². The number of nitrogens with one attached hydrogen (secondary N) is 2. The van der Waals surface area contributed by atoms with E-state index >= 15 is 0 Å². The minimum Gasteiger partial charge on any atom is -0.329 e. The molecule has 0 bridgehead atoms. The van der Waals surface area contributed by atoms with E-state index in [1.165, 1.54) is 24.5 Å². The maximum atomic E-state index is 12.8. The Balaban J connectivity index is 1.29. The second kappa shape index (κ2) is 12.8. The molecule has 0 aliphatic carbocycles. The first-order valence-electron chi connectivity index (χ1n) is 13.4. The van der Waals surface area contributed by atoms with Crippen LogP contribution in [0.25, 0.3) is 11.0 Å². The maximum Gasteiger partial charge on any atom is 0.446 e. The molecule has 2 aromatic heterocycles. The molecule has 5 rings (SSSR count). The van der Waals surface area contributed by atoms with Crippen molar-refractivity contribution in [2.75, 3.05) is 28.8 Å². The molecule has 15 heteroatoms. The van der Waals surface area contributed by atoms with Gasteiger partial charge in [0.1, 0.15) is 5.82 Å². The van der Waals surface area contributed by atoms with Crippen molar-refractivity contribution >= 4 is 67.6 Å². The van der Waals surface area contributed by atoms with Crippen molar-refractivity contribution in [3.8, 4) is 0 Å². The summed E-state index contributed by atoms with van der Waals surface area (Å²) in [5.41, 5.74) is -0.552. The Morgan fingerprint density at radius 1 is 1.00 bits per heavy atom. The lowest BCUT2D eigenvalue weighted by Crippen LogP contribution is -2.17. The number of sulfone groups is 1. The van der Waals surface area contributed by atoms with Crippen LogP contribution in [0.2, 0.25) is 0 Å². The minimum absolute atomic E-state index is 0.0116. The van der Waals surface area contributed by atoms with Gasteiger partial charge in [-0.1, -0.05) is 24.3 Å². The first-order valence-corrected chi connectivity index (χ1v) is 16.3. The second-order valence-electron chi connectivity index (χ2n) is 10.3. The fourth-order valence-corrected chi connectivity index (χ4v) is 6.02. The van der Waals surface area contributed by atoms with Gasteiger partial charge in [0.2, 0.25) is 17.8 Å². The molecule has 0 saturated carbocycles. The summed E-state index contributed by atoms with van der Waals surface area (Å²) < 4.78 is 63.3. The maximum absolute atomic E-state index is 12.8. The summed E-state index contributed by atoms with van der Waals surface area (Å²) in [4.78, 5) is 28.1. The Hall–Kier alpha value is -4.63. The number of nitrogens with zero attached hydrogens (tertiary/aromatic N) is 5. The number of amides is 1. The molecule has 0 unspecified atom stereocenters. The zero-order valence-electron chi connectivity index (χ0n) is 24.3. The molecule has 0 atom stereocenters. The number of benzene rings is 3. The summed E-state index contributed by atoms with van der Waals surface area (Å²) in [6.07, 6.45) is 2.67. The molecule has 45 heavy (non-hydrogen) atoms. The van der Waals surface area contributed by atoms with Crippen molar-refractivity contribution in [1.29, 1.82) is 0 Å². The monoisotopic (exact) mass is 655 g/mol. The van der Waals surface area contributed by atoms with Crippen LogP contribution < -0.4 is 15.5 Å². The fraction of sp³-hybridized carbons (Fsp3) is 0.200. The first kappa shape index (κ1) is 31.8. The second-order valence-corrected chi connectivity index (χ2v) is 13.6. The minimum atomic E-state index is -4.41. The summed E-state index contributed by atoms with van der Waals surface area (Å²) >= 11 is -0.226. The van der Waals surface area contributed by atoms with Crippen molar-refractivity contribution in [1.82, 2.24) is 19.5 Å². The normalized spacial score (nSPS) is 11.9. The Kier molecular flexibility index (Phi) is 9.02. The van der Waals surface area contributed by atoms with Gasteiger partial charge < -0.3 is 14.8 Å². The van der Waals surface area contributed by atoms with Crippen LogP contribution in [0.3, 0.4) is 0 Å². The number of fused-ring (bicyclic) bond motifs is 1. The van der Waals surface area contributed by atoms with E-state index in [4.69, 9.17) is 0 Å². The number of rotatable bonds is 10. The lowest BCUT2D eigenvalue weighted by molar-refractivity contribution is -0.115. The predicted molar refractivity (Wildman–Crippen MR) is 170 cm³/mol. The van der Waals surface area contributed by atoms with Crippen molar-refractivity contribution in [3.05, 3.63) is 90.1 Å². The van der Waals surface area contributed by atoms with Crippen LogP contribution in [0.4, 0.5) is 42.3 Å². The summed E-state index contributed by atoms with van der Waals surface area (Å²) in [7, 11) is 0.399. The van der Waals surface area contributed by atoms with Crippen molar-refractivity contribution in [2.24, 2.45) is 7.05 Å².